The van der Waals surface area contributed by atoms with Gasteiger partial charge in [-0.05, 0) is 12.8 Å². The molecular formula is C10H14N2O2. The summed E-state index contributed by atoms with van der Waals surface area (Å²) in [6.07, 6.45) is 4.37. The van der Waals surface area contributed by atoms with Crippen molar-refractivity contribution >= 4 is 5.69 Å². The van der Waals surface area contributed by atoms with Crippen molar-refractivity contribution in [3.05, 3.63) is 12.3 Å². The van der Waals surface area contributed by atoms with Crippen LogP contribution in [-0.2, 0) is 0 Å². The number of pyridine rings is 1. The molecule has 1 aromatic rings. The fraction of sp³-hybridized carbons (Fsp3) is 0.500. The van der Waals surface area contributed by atoms with Gasteiger partial charge in [0.05, 0.1) is 13.2 Å². The van der Waals surface area contributed by atoms with Crippen LogP contribution in [0.4, 0.5) is 5.69 Å². The summed E-state index contributed by atoms with van der Waals surface area (Å²) in [7, 11) is 3.43. The Labute approximate surface area is 83.2 Å². The first-order valence-corrected chi connectivity index (χ1v) is 4.72. The maximum absolute atomic E-state index is 5.71. The number of ether oxygens (including phenoxy) is 2. The summed E-state index contributed by atoms with van der Waals surface area (Å²) in [5, 5.41) is 3.04. The summed E-state index contributed by atoms with van der Waals surface area (Å²) in [4.78, 5) is 4.09. The Morgan fingerprint density at radius 3 is 2.86 bits per heavy atom. The smallest absolute Gasteiger partial charge is 0.240 e. The van der Waals surface area contributed by atoms with Gasteiger partial charge in [-0.15, -0.1) is 0 Å². The molecule has 0 spiro atoms. The van der Waals surface area contributed by atoms with Gasteiger partial charge >= 0.3 is 0 Å². The van der Waals surface area contributed by atoms with Gasteiger partial charge in [-0.2, -0.15) is 0 Å². The van der Waals surface area contributed by atoms with Crippen LogP contribution < -0.4 is 14.8 Å². The molecule has 0 unspecified atom stereocenters. The van der Waals surface area contributed by atoms with Gasteiger partial charge in [0, 0.05) is 19.3 Å². The highest BCUT2D eigenvalue weighted by atomic mass is 16.5. The highest BCUT2D eigenvalue weighted by molar-refractivity contribution is 5.62. The third-order valence-electron chi connectivity index (χ3n) is 2.14. The minimum absolute atomic E-state index is 0.384. The second kappa shape index (κ2) is 3.74. The van der Waals surface area contributed by atoms with E-state index in [0.717, 1.165) is 24.3 Å². The predicted molar refractivity (Wildman–Crippen MR) is 54.0 cm³/mol. The van der Waals surface area contributed by atoms with Crippen LogP contribution in [0, 0.1) is 0 Å². The number of nitrogens with zero attached hydrogens (tertiary/aromatic N) is 1. The number of rotatable bonds is 4. The molecule has 0 saturated heterocycles. The van der Waals surface area contributed by atoms with Crippen molar-refractivity contribution in [3.8, 4) is 11.6 Å². The van der Waals surface area contributed by atoms with Crippen LogP contribution in [-0.4, -0.2) is 25.2 Å². The summed E-state index contributed by atoms with van der Waals surface area (Å²) >= 11 is 0. The first kappa shape index (κ1) is 9.12. The molecule has 1 N–H and O–H groups in total. The normalized spacial score (nSPS) is 15.0. The van der Waals surface area contributed by atoms with E-state index in [1.807, 2.05) is 13.1 Å². The number of methoxy groups -OCH3 is 1. The van der Waals surface area contributed by atoms with Crippen LogP contribution in [0.2, 0.25) is 0 Å². The number of aromatic nitrogens is 1. The molecule has 1 fully saturated rings. The molecule has 0 amide bonds. The first-order chi connectivity index (χ1) is 6.85. The van der Waals surface area contributed by atoms with Gasteiger partial charge in [0.2, 0.25) is 5.88 Å². The second-order valence-corrected chi connectivity index (χ2v) is 3.26. The Bertz CT molecular complexity index is 324. The Balaban J connectivity index is 2.26. The Morgan fingerprint density at radius 2 is 2.29 bits per heavy atom. The lowest BCUT2D eigenvalue weighted by Crippen LogP contribution is -2.03. The lowest BCUT2D eigenvalue weighted by Gasteiger charge is -2.12. The van der Waals surface area contributed by atoms with Gasteiger partial charge < -0.3 is 14.8 Å². The Kier molecular flexibility index (Phi) is 2.43. The summed E-state index contributed by atoms with van der Waals surface area (Å²) < 4.78 is 10.8. The van der Waals surface area contributed by atoms with E-state index in [-0.39, 0.29) is 0 Å². The van der Waals surface area contributed by atoms with E-state index in [1.165, 1.54) is 0 Å². The van der Waals surface area contributed by atoms with Crippen LogP contribution in [0.1, 0.15) is 12.8 Å². The van der Waals surface area contributed by atoms with Crippen molar-refractivity contribution in [2.45, 2.75) is 18.9 Å². The van der Waals surface area contributed by atoms with Crippen molar-refractivity contribution in [1.82, 2.24) is 4.98 Å². The molecule has 0 atom stereocenters. The molecule has 2 rings (SSSR count). The number of anilines is 1. The van der Waals surface area contributed by atoms with Crippen LogP contribution >= 0.6 is 0 Å². The number of nitrogens with one attached hydrogen (secondary N) is 1. The van der Waals surface area contributed by atoms with Crippen molar-refractivity contribution in [2.75, 3.05) is 19.5 Å². The largest absolute Gasteiger partial charge is 0.488 e. The average Bonchev–Trinajstić information content (AvgIpc) is 3.01. The van der Waals surface area contributed by atoms with E-state index in [1.54, 1.807) is 13.3 Å². The predicted octanol–water partition coefficient (Wildman–Crippen LogP) is 1.67. The molecule has 0 bridgehead atoms. The van der Waals surface area contributed by atoms with Crippen LogP contribution in [0.15, 0.2) is 12.3 Å². The molecule has 1 heterocycles. The van der Waals surface area contributed by atoms with Gasteiger partial charge in [-0.3, -0.25) is 0 Å². The lowest BCUT2D eigenvalue weighted by atomic mass is 10.3. The SMILES string of the molecule is CNc1c(OC2CC2)ccnc1OC. The molecule has 1 aromatic heterocycles. The average molecular weight is 194 g/mol. The highest BCUT2D eigenvalue weighted by Gasteiger charge is 2.25. The van der Waals surface area contributed by atoms with E-state index in [4.69, 9.17) is 9.47 Å². The fourth-order valence-electron chi connectivity index (χ4n) is 1.27. The van der Waals surface area contributed by atoms with Crippen molar-refractivity contribution in [3.63, 3.8) is 0 Å². The minimum Gasteiger partial charge on any atom is -0.488 e. The van der Waals surface area contributed by atoms with E-state index in [2.05, 4.69) is 10.3 Å². The maximum Gasteiger partial charge on any atom is 0.240 e. The zero-order chi connectivity index (χ0) is 9.97. The molecule has 1 saturated carbocycles. The molecule has 0 aromatic carbocycles. The van der Waals surface area contributed by atoms with E-state index in [9.17, 15) is 0 Å². The zero-order valence-electron chi connectivity index (χ0n) is 8.41. The Hall–Kier alpha value is -1.45. The molecule has 14 heavy (non-hydrogen) atoms. The van der Waals surface area contributed by atoms with Crippen LogP contribution in [0.3, 0.4) is 0 Å². The third kappa shape index (κ3) is 1.73. The molecule has 1 aliphatic carbocycles. The topological polar surface area (TPSA) is 43.4 Å². The van der Waals surface area contributed by atoms with E-state index >= 15 is 0 Å². The van der Waals surface area contributed by atoms with Crippen LogP contribution in [0.25, 0.3) is 0 Å². The van der Waals surface area contributed by atoms with Crippen LogP contribution in [0.5, 0.6) is 11.6 Å². The van der Waals surface area contributed by atoms with Gasteiger partial charge in [-0.1, -0.05) is 0 Å². The highest BCUT2D eigenvalue weighted by Crippen LogP contribution is 2.35. The molecule has 4 heteroatoms. The summed E-state index contributed by atoms with van der Waals surface area (Å²) in [5.41, 5.74) is 0.821. The van der Waals surface area contributed by atoms with Gasteiger partial charge in [0.1, 0.15) is 11.4 Å². The van der Waals surface area contributed by atoms with Crippen molar-refractivity contribution in [2.24, 2.45) is 0 Å². The number of hydrogen-bond acceptors (Lipinski definition) is 4. The molecule has 1 aliphatic rings. The van der Waals surface area contributed by atoms with E-state index < -0.39 is 0 Å². The van der Waals surface area contributed by atoms with Crippen molar-refractivity contribution < 1.29 is 9.47 Å². The third-order valence-corrected chi connectivity index (χ3v) is 2.14. The van der Waals surface area contributed by atoms with Gasteiger partial charge in [0.15, 0.2) is 0 Å². The van der Waals surface area contributed by atoms with E-state index in [0.29, 0.717) is 12.0 Å². The first-order valence-electron chi connectivity index (χ1n) is 4.72. The minimum atomic E-state index is 0.384. The van der Waals surface area contributed by atoms with Gasteiger partial charge in [-0.25, -0.2) is 4.98 Å². The molecule has 76 valence electrons. The molecule has 0 radical (unpaired) electrons. The summed E-state index contributed by atoms with van der Waals surface area (Å²) in [5.74, 6) is 1.40. The standard InChI is InChI=1S/C10H14N2O2/c1-11-9-8(14-7-3-4-7)5-6-12-10(9)13-2/h5-7,11H,3-4H2,1-2H3. The monoisotopic (exact) mass is 194 g/mol. The quantitative estimate of drug-likeness (QED) is 0.791. The van der Waals surface area contributed by atoms with Crippen molar-refractivity contribution in [1.29, 1.82) is 0 Å². The Morgan fingerprint density at radius 1 is 1.50 bits per heavy atom. The molecule has 0 aliphatic heterocycles. The number of hydrogen-bond donors (Lipinski definition) is 1. The summed E-state index contributed by atoms with van der Waals surface area (Å²) in [6.45, 7) is 0. The summed E-state index contributed by atoms with van der Waals surface area (Å²) in [6, 6.07) is 1.85. The lowest BCUT2D eigenvalue weighted by molar-refractivity contribution is 0.301. The molecular weight excluding hydrogens is 180 g/mol. The fourth-order valence-corrected chi connectivity index (χ4v) is 1.27. The van der Waals surface area contributed by atoms with Gasteiger partial charge in [0.25, 0.3) is 0 Å². The second-order valence-electron chi connectivity index (χ2n) is 3.26. The maximum atomic E-state index is 5.71. The zero-order valence-corrected chi connectivity index (χ0v) is 8.41. The molecule has 4 nitrogen and oxygen atoms in total.